The topological polar surface area (TPSA) is 80.9 Å². The molecule has 0 fully saturated rings. The molecule has 0 saturated heterocycles. The van der Waals surface area contributed by atoms with E-state index in [2.05, 4.69) is 20.5 Å². The third-order valence-electron chi connectivity index (χ3n) is 2.32. The number of hydrogen-bond acceptors (Lipinski definition) is 5. The second kappa shape index (κ2) is 5.54. The van der Waals surface area contributed by atoms with E-state index in [4.69, 9.17) is 27.6 Å². The second-order valence-corrected chi connectivity index (χ2v) is 4.62. The minimum atomic E-state index is -0.426. The van der Waals surface area contributed by atoms with Crippen LogP contribution in [0.4, 0.5) is 0 Å². The number of amides is 1. The maximum absolute atomic E-state index is 12.0. The molecule has 2 heterocycles. The van der Waals surface area contributed by atoms with Crippen LogP contribution < -0.4 is 5.32 Å². The van der Waals surface area contributed by atoms with Gasteiger partial charge < -0.3 is 9.73 Å². The molecule has 0 saturated carbocycles. The molecule has 19 heavy (non-hydrogen) atoms. The molecule has 8 heteroatoms. The van der Waals surface area contributed by atoms with Crippen molar-refractivity contribution in [3.05, 3.63) is 39.8 Å². The van der Waals surface area contributed by atoms with E-state index in [0.29, 0.717) is 11.7 Å². The molecule has 0 bridgehead atoms. The average molecular weight is 301 g/mol. The highest BCUT2D eigenvalue weighted by Gasteiger charge is 2.18. The highest BCUT2D eigenvalue weighted by molar-refractivity contribution is 6.34. The number of hydrogen-bond donors (Lipinski definition) is 1. The quantitative estimate of drug-likeness (QED) is 0.942. The summed E-state index contributed by atoms with van der Waals surface area (Å²) in [6.45, 7) is 3.52. The Morgan fingerprint density at radius 2 is 2.16 bits per heavy atom. The van der Waals surface area contributed by atoms with E-state index in [-0.39, 0.29) is 15.9 Å². The van der Waals surface area contributed by atoms with Gasteiger partial charge in [0, 0.05) is 0 Å². The Labute approximate surface area is 119 Å². The molecule has 0 aliphatic heterocycles. The van der Waals surface area contributed by atoms with Crippen molar-refractivity contribution < 1.29 is 9.21 Å². The number of carbonyl (C=O) groups excluding carboxylic acids is 1. The molecule has 2 aromatic heterocycles. The predicted molar refractivity (Wildman–Crippen MR) is 69.2 cm³/mol. The van der Waals surface area contributed by atoms with Gasteiger partial charge >= 0.3 is 0 Å². The SMILES string of the molecule is Cc1cnc(C(C)NC(=O)c2cc(Cl)nnc2Cl)o1. The number of carbonyl (C=O) groups is 1. The smallest absolute Gasteiger partial charge is 0.255 e. The van der Waals surface area contributed by atoms with E-state index in [1.54, 1.807) is 20.0 Å². The van der Waals surface area contributed by atoms with Crippen molar-refractivity contribution in [3.8, 4) is 0 Å². The lowest BCUT2D eigenvalue weighted by molar-refractivity contribution is 0.0933. The van der Waals surface area contributed by atoms with Crippen LogP contribution in [0.25, 0.3) is 0 Å². The molecule has 6 nitrogen and oxygen atoms in total. The number of oxazole rings is 1. The highest BCUT2D eigenvalue weighted by Crippen LogP contribution is 2.17. The van der Waals surface area contributed by atoms with Crippen LogP contribution in [0.1, 0.15) is 35.0 Å². The third kappa shape index (κ3) is 3.21. The lowest BCUT2D eigenvalue weighted by Gasteiger charge is -2.10. The van der Waals surface area contributed by atoms with Crippen molar-refractivity contribution in [1.82, 2.24) is 20.5 Å². The van der Waals surface area contributed by atoms with Crippen LogP contribution >= 0.6 is 23.2 Å². The molecule has 2 rings (SSSR count). The molecule has 0 aromatic carbocycles. The van der Waals surface area contributed by atoms with Crippen LogP contribution in [0.2, 0.25) is 10.3 Å². The van der Waals surface area contributed by atoms with Gasteiger partial charge in [0.05, 0.1) is 11.8 Å². The summed E-state index contributed by atoms with van der Waals surface area (Å²) in [5.74, 6) is 0.656. The molecular formula is C11H10Cl2N4O2. The van der Waals surface area contributed by atoms with Crippen LogP contribution in [0.15, 0.2) is 16.7 Å². The van der Waals surface area contributed by atoms with Crippen molar-refractivity contribution in [2.45, 2.75) is 19.9 Å². The average Bonchev–Trinajstić information content (AvgIpc) is 2.79. The van der Waals surface area contributed by atoms with Gasteiger partial charge in [-0.15, -0.1) is 10.2 Å². The zero-order valence-electron chi connectivity index (χ0n) is 10.1. The molecule has 100 valence electrons. The van der Waals surface area contributed by atoms with Gasteiger partial charge in [0.15, 0.2) is 10.3 Å². The zero-order valence-corrected chi connectivity index (χ0v) is 11.7. The fourth-order valence-electron chi connectivity index (χ4n) is 1.42. The fourth-order valence-corrected chi connectivity index (χ4v) is 1.75. The molecule has 1 atom stereocenters. The first-order valence-corrected chi connectivity index (χ1v) is 6.15. The molecule has 1 amide bonds. The van der Waals surface area contributed by atoms with Crippen LogP contribution in [0.3, 0.4) is 0 Å². The standard InChI is InChI=1S/C11H10Cl2N4O2/c1-5-4-14-11(19-5)6(2)15-10(18)7-3-8(12)16-17-9(7)13/h3-4,6H,1-2H3,(H,15,18). The molecule has 2 aromatic rings. The van der Waals surface area contributed by atoms with E-state index in [1.165, 1.54) is 6.07 Å². The van der Waals surface area contributed by atoms with Crippen molar-refractivity contribution >= 4 is 29.1 Å². The van der Waals surface area contributed by atoms with E-state index >= 15 is 0 Å². The summed E-state index contributed by atoms with van der Waals surface area (Å²) in [6, 6.07) is 0.948. The number of halogens is 2. The summed E-state index contributed by atoms with van der Waals surface area (Å²) in [5.41, 5.74) is 0.150. The highest BCUT2D eigenvalue weighted by atomic mass is 35.5. The van der Waals surface area contributed by atoms with E-state index in [0.717, 1.165) is 0 Å². The molecule has 0 radical (unpaired) electrons. The van der Waals surface area contributed by atoms with Gasteiger partial charge in [0.2, 0.25) is 5.89 Å². The fraction of sp³-hybridized carbons (Fsp3) is 0.273. The number of aromatic nitrogens is 3. The first-order valence-electron chi connectivity index (χ1n) is 5.39. The summed E-state index contributed by atoms with van der Waals surface area (Å²) < 4.78 is 5.32. The van der Waals surface area contributed by atoms with Gasteiger partial charge in [-0.1, -0.05) is 23.2 Å². The zero-order chi connectivity index (χ0) is 14.0. The van der Waals surface area contributed by atoms with Gasteiger partial charge in [-0.25, -0.2) is 4.98 Å². The molecule has 0 spiro atoms. The largest absolute Gasteiger partial charge is 0.444 e. The lowest BCUT2D eigenvalue weighted by atomic mass is 10.2. The first kappa shape index (κ1) is 13.8. The van der Waals surface area contributed by atoms with Crippen molar-refractivity contribution in [1.29, 1.82) is 0 Å². The van der Waals surface area contributed by atoms with Gasteiger partial charge in [0.1, 0.15) is 11.8 Å². The summed E-state index contributed by atoms with van der Waals surface area (Å²) in [7, 11) is 0. The van der Waals surface area contributed by atoms with Crippen molar-refractivity contribution in [2.75, 3.05) is 0 Å². The number of rotatable bonds is 3. The number of nitrogens with zero attached hydrogens (tertiary/aromatic N) is 3. The third-order valence-corrected chi connectivity index (χ3v) is 2.78. The maximum Gasteiger partial charge on any atom is 0.255 e. The van der Waals surface area contributed by atoms with E-state index in [1.807, 2.05) is 0 Å². The van der Waals surface area contributed by atoms with Gasteiger partial charge in [-0.05, 0) is 19.9 Å². The molecule has 1 unspecified atom stereocenters. The van der Waals surface area contributed by atoms with Crippen LogP contribution in [-0.2, 0) is 0 Å². The van der Waals surface area contributed by atoms with Crippen LogP contribution in [-0.4, -0.2) is 21.1 Å². The predicted octanol–water partition coefficient (Wildman–Crippen LogP) is 2.57. The number of nitrogens with one attached hydrogen (secondary N) is 1. The minimum Gasteiger partial charge on any atom is -0.444 e. The molecule has 0 aliphatic carbocycles. The van der Waals surface area contributed by atoms with Gasteiger partial charge in [-0.3, -0.25) is 4.79 Å². The number of aryl methyl sites for hydroxylation is 1. The Bertz CT molecular complexity index is 614. The summed E-state index contributed by atoms with van der Waals surface area (Å²) in [5, 5.41) is 9.87. The van der Waals surface area contributed by atoms with Crippen molar-refractivity contribution in [3.63, 3.8) is 0 Å². The lowest BCUT2D eigenvalue weighted by Crippen LogP contribution is -2.27. The second-order valence-electron chi connectivity index (χ2n) is 3.88. The van der Waals surface area contributed by atoms with Gasteiger partial charge in [0.25, 0.3) is 5.91 Å². The maximum atomic E-state index is 12.0. The Morgan fingerprint density at radius 3 is 2.79 bits per heavy atom. The molecule has 1 N–H and O–H groups in total. The Hall–Kier alpha value is -1.66. The normalized spacial score (nSPS) is 12.2. The Balaban J connectivity index is 2.15. The first-order chi connectivity index (χ1) is 8.97. The molecular weight excluding hydrogens is 291 g/mol. The molecule has 0 aliphatic rings. The Kier molecular flexibility index (Phi) is 4.01. The summed E-state index contributed by atoms with van der Waals surface area (Å²) in [4.78, 5) is 16.1. The van der Waals surface area contributed by atoms with Crippen LogP contribution in [0, 0.1) is 6.92 Å². The van der Waals surface area contributed by atoms with Crippen LogP contribution in [0.5, 0.6) is 0 Å². The summed E-state index contributed by atoms with van der Waals surface area (Å²) >= 11 is 11.5. The van der Waals surface area contributed by atoms with Crippen molar-refractivity contribution in [2.24, 2.45) is 0 Å². The Morgan fingerprint density at radius 1 is 1.42 bits per heavy atom. The minimum absolute atomic E-state index is 0.0160. The monoisotopic (exact) mass is 300 g/mol. The van der Waals surface area contributed by atoms with Gasteiger partial charge in [-0.2, -0.15) is 0 Å². The van der Waals surface area contributed by atoms with E-state index < -0.39 is 11.9 Å². The summed E-state index contributed by atoms with van der Waals surface area (Å²) in [6.07, 6.45) is 1.58. The van der Waals surface area contributed by atoms with E-state index in [9.17, 15) is 4.79 Å².